The molecule has 1 saturated heterocycles. The lowest BCUT2D eigenvalue weighted by molar-refractivity contribution is -0.103. The van der Waals surface area contributed by atoms with E-state index < -0.39 is 6.09 Å². The molecule has 98 valence electrons. The van der Waals surface area contributed by atoms with E-state index in [-0.39, 0.29) is 12.2 Å². The third-order valence-electron chi connectivity index (χ3n) is 3.54. The minimum Gasteiger partial charge on any atom is -0.465 e. The number of hydrogen-bond donors (Lipinski definition) is 1. The number of carboxylic acid groups (broad SMARTS) is 1. The first-order valence-electron chi connectivity index (χ1n) is 6.27. The molecule has 0 bridgehead atoms. The smallest absolute Gasteiger partial charge is 0.407 e. The minimum atomic E-state index is -0.846. The molecule has 5 heteroatoms. The maximum absolute atomic E-state index is 10.7. The molecule has 2 rings (SSSR count). The Balaban J connectivity index is 1.65. The Hall–Kier alpha value is -1.54. The lowest BCUT2D eigenvalue weighted by Gasteiger charge is -2.37. The van der Waals surface area contributed by atoms with Gasteiger partial charge in [0, 0.05) is 19.0 Å². The Labute approximate surface area is 106 Å². The molecule has 2 aliphatic rings. The average Bonchev–Trinajstić information content (AvgIpc) is 2.32. The van der Waals surface area contributed by atoms with Crippen molar-refractivity contribution in [2.75, 3.05) is 13.1 Å². The number of likely N-dealkylation sites (tertiary alicyclic amines) is 1. The van der Waals surface area contributed by atoms with Crippen LogP contribution in [0.3, 0.4) is 0 Å². The number of nitrogens with zero attached hydrogens (tertiary/aromatic N) is 1. The van der Waals surface area contributed by atoms with Crippen molar-refractivity contribution in [3.05, 3.63) is 0 Å². The van der Waals surface area contributed by atoms with Crippen molar-refractivity contribution in [1.29, 1.82) is 0 Å². The van der Waals surface area contributed by atoms with Crippen molar-refractivity contribution >= 4 is 12.4 Å². The Morgan fingerprint density at radius 1 is 1.28 bits per heavy atom. The molecule has 5 nitrogen and oxygen atoms in total. The van der Waals surface area contributed by atoms with E-state index in [0.29, 0.717) is 25.3 Å². The van der Waals surface area contributed by atoms with E-state index >= 15 is 0 Å². The van der Waals surface area contributed by atoms with Crippen LogP contribution in [0.15, 0.2) is 0 Å². The summed E-state index contributed by atoms with van der Waals surface area (Å²) in [6.07, 6.45) is 3.50. The van der Waals surface area contributed by atoms with E-state index in [4.69, 9.17) is 9.84 Å². The van der Waals surface area contributed by atoms with Crippen LogP contribution in [0.4, 0.5) is 4.79 Å². The molecule has 1 heterocycles. The first-order valence-corrected chi connectivity index (χ1v) is 6.27. The van der Waals surface area contributed by atoms with Gasteiger partial charge in [0.1, 0.15) is 0 Å². The van der Waals surface area contributed by atoms with Gasteiger partial charge in [-0.1, -0.05) is 5.92 Å². The molecular weight excluding hydrogens is 234 g/mol. The first kappa shape index (κ1) is 12.9. The minimum absolute atomic E-state index is 0.172. The predicted octanol–water partition coefficient (Wildman–Crippen LogP) is 1.13. The molecule has 0 unspecified atom stereocenters. The summed E-state index contributed by atoms with van der Waals surface area (Å²) in [4.78, 5) is 22.2. The summed E-state index contributed by atoms with van der Waals surface area (Å²) in [5, 5.41) is 8.82. The van der Waals surface area contributed by atoms with E-state index in [1.165, 1.54) is 4.90 Å². The van der Waals surface area contributed by atoms with Crippen LogP contribution in [0.5, 0.6) is 0 Å². The number of ether oxygens (including phenoxy) is 1. The lowest BCUT2D eigenvalue weighted by atomic mass is 9.82. The Morgan fingerprint density at radius 3 is 2.50 bits per heavy atom. The van der Waals surface area contributed by atoms with Gasteiger partial charge in [-0.25, -0.2) is 4.79 Å². The third-order valence-corrected chi connectivity index (χ3v) is 3.54. The number of amides is 1. The van der Waals surface area contributed by atoms with Gasteiger partial charge in [-0.05, 0) is 31.6 Å². The van der Waals surface area contributed by atoms with Crippen LogP contribution in [0.2, 0.25) is 0 Å². The highest BCUT2D eigenvalue weighted by Gasteiger charge is 2.32. The first-order chi connectivity index (χ1) is 8.69. The summed E-state index contributed by atoms with van der Waals surface area (Å²) in [6, 6.07) is 0. The van der Waals surface area contributed by atoms with E-state index in [0.717, 1.165) is 25.7 Å². The third kappa shape index (κ3) is 3.23. The van der Waals surface area contributed by atoms with Gasteiger partial charge in [-0.2, -0.15) is 0 Å². The highest BCUT2D eigenvalue weighted by molar-refractivity contribution is 5.72. The van der Waals surface area contributed by atoms with Gasteiger partial charge in [0.05, 0.1) is 12.2 Å². The van der Waals surface area contributed by atoms with Crippen LogP contribution in [-0.4, -0.2) is 47.7 Å². The van der Waals surface area contributed by atoms with E-state index in [9.17, 15) is 9.59 Å². The summed E-state index contributed by atoms with van der Waals surface area (Å²) in [5.41, 5.74) is 0. The van der Waals surface area contributed by atoms with Gasteiger partial charge >= 0.3 is 6.09 Å². The average molecular weight is 251 g/mol. The second-order valence-corrected chi connectivity index (χ2v) is 4.80. The van der Waals surface area contributed by atoms with Crippen LogP contribution < -0.4 is 0 Å². The number of piperidine rings is 1. The molecule has 0 spiro atoms. The molecule has 0 aromatic heterocycles. The van der Waals surface area contributed by atoms with Gasteiger partial charge in [0.2, 0.25) is 0 Å². The molecule has 2 fully saturated rings. The van der Waals surface area contributed by atoms with Crippen LogP contribution in [-0.2, 0) is 9.53 Å². The zero-order valence-electron chi connectivity index (χ0n) is 10.2. The fraction of sp³-hybridized carbons (Fsp3) is 0.692. The molecule has 0 radical (unpaired) electrons. The molecular formula is C13H17NO4. The second-order valence-electron chi connectivity index (χ2n) is 4.80. The summed E-state index contributed by atoms with van der Waals surface area (Å²) < 4.78 is 5.89. The maximum atomic E-state index is 10.7. The Bertz CT molecular complexity index is 370. The largest absolute Gasteiger partial charge is 0.465 e. The van der Waals surface area contributed by atoms with E-state index in [1.807, 2.05) is 0 Å². The molecule has 1 N–H and O–H groups in total. The van der Waals surface area contributed by atoms with E-state index in [2.05, 4.69) is 11.8 Å². The van der Waals surface area contributed by atoms with Crippen molar-refractivity contribution < 1.29 is 19.4 Å². The monoisotopic (exact) mass is 251 g/mol. The number of carbonyl (C=O) groups is 2. The van der Waals surface area contributed by atoms with Crippen molar-refractivity contribution in [3.63, 3.8) is 0 Å². The van der Waals surface area contributed by atoms with Crippen LogP contribution in [0.1, 0.15) is 25.7 Å². The SMILES string of the molecule is O=CC#CC1CC(OC2CCN(C(=O)O)CC2)C1. The maximum Gasteiger partial charge on any atom is 0.407 e. The fourth-order valence-corrected chi connectivity index (χ4v) is 2.40. The van der Waals surface area contributed by atoms with Gasteiger partial charge in [-0.15, -0.1) is 0 Å². The summed E-state index contributed by atoms with van der Waals surface area (Å²) in [7, 11) is 0. The number of carbonyl (C=O) groups excluding carboxylic acids is 1. The zero-order valence-corrected chi connectivity index (χ0v) is 10.2. The molecule has 0 aromatic rings. The molecule has 1 aliphatic heterocycles. The van der Waals surface area contributed by atoms with Crippen molar-refractivity contribution in [1.82, 2.24) is 4.90 Å². The fourth-order valence-electron chi connectivity index (χ4n) is 2.40. The zero-order chi connectivity index (χ0) is 13.0. The van der Waals surface area contributed by atoms with Crippen molar-refractivity contribution in [2.45, 2.75) is 37.9 Å². The molecule has 0 atom stereocenters. The topological polar surface area (TPSA) is 66.8 Å². The van der Waals surface area contributed by atoms with Crippen molar-refractivity contribution in [3.8, 4) is 11.8 Å². The van der Waals surface area contributed by atoms with E-state index in [1.54, 1.807) is 0 Å². The quantitative estimate of drug-likeness (QED) is 0.590. The van der Waals surface area contributed by atoms with Gasteiger partial charge < -0.3 is 14.7 Å². The molecule has 0 aromatic carbocycles. The van der Waals surface area contributed by atoms with Gasteiger partial charge in [0.15, 0.2) is 6.29 Å². The summed E-state index contributed by atoms with van der Waals surface area (Å²) in [5.74, 6) is 5.60. The molecule has 18 heavy (non-hydrogen) atoms. The normalized spacial score (nSPS) is 27.9. The van der Waals surface area contributed by atoms with Crippen LogP contribution in [0.25, 0.3) is 0 Å². The van der Waals surface area contributed by atoms with Gasteiger partial charge in [-0.3, -0.25) is 4.79 Å². The Kier molecular flexibility index (Phi) is 4.21. The standard InChI is InChI=1S/C13H17NO4/c15-7-1-2-10-8-12(9-10)18-11-3-5-14(6-4-11)13(16)17/h7,10-12H,3-6,8-9H2,(H,16,17). The highest BCUT2D eigenvalue weighted by Crippen LogP contribution is 2.31. The van der Waals surface area contributed by atoms with Crippen LogP contribution in [0, 0.1) is 17.8 Å². The Morgan fingerprint density at radius 2 is 1.94 bits per heavy atom. The van der Waals surface area contributed by atoms with Crippen molar-refractivity contribution in [2.24, 2.45) is 5.92 Å². The lowest BCUT2D eigenvalue weighted by Crippen LogP contribution is -2.43. The highest BCUT2D eigenvalue weighted by atomic mass is 16.5. The van der Waals surface area contributed by atoms with Gasteiger partial charge in [0.25, 0.3) is 0 Å². The number of aldehydes is 1. The molecule has 1 aliphatic carbocycles. The number of hydrogen-bond acceptors (Lipinski definition) is 3. The molecule has 1 saturated carbocycles. The molecule has 1 amide bonds. The van der Waals surface area contributed by atoms with Crippen LogP contribution >= 0.6 is 0 Å². The predicted molar refractivity (Wildman–Crippen MR) is 64.1 cm³/mol. The summed E-state index contributed by atoms with van der Waals surface area (Å²) in [6.45, 7) is 1.11. The number of rotatable bonds is 2. The summed E-state index contributed by atoms with van der Waals surface area (Å²) >= 11 is 0. The second kappa shape index (κ2) is 5.87.